The molecule has 2 aliphatic rings. The second kappa shape index (κ2) is 4.51. The van der Waals surface area contributed by atoms with Crippen LogP contribution in [0.2, 0.25) is 0 Å². The van der Waals surface area contributed by atoms with Crippen LogP contribution in [0.25, 0.3) is 0 Å². The second-order valence-electron chi connectivity index (χ2n) is 4.78. The minimum atomic E-state index is 0.530. The molecule has 1 aromatic rings. The average Bonchev–Trinajstić information content (AvgIpc) is 2.78. The normalized spacial score (nSPS) is 19.8. The number of hydrogen-bond donors (Lipinski definition) is 1. The van der Waals surface area contributed by atoms with Crippen LogP contribution in [0, 0.1) is 13.3 Å². The number of nitrogens with zero attached hydrogens (tertiary/aromatic N) is 2. The Morgan fingerprint density at radius 2 is 2.12 bits per heavy atom. The molecule has 1 saturated carbocycles. The van der Waals surface area contributed by atoms with Crippen LogP contribution in [0.15, 0.2) is 0 Å². The molecule has 3 rings (SSSR count). The molecule has 0 spiro atoms. The predicted octanol–water partition coefficient (Wildman–Crippen LogP) is 2.28. The van der Waals surface area contributed by atoms with Crippen LogP contribution in [0.3, 0.4) is 0 Å². The number of aromatic nitrogens is 2. The van der Waals surface area contributed by atoms with E-state index in [0.717, 1.165) is 36.1 Å². The van der Waals surface area contributed by atoms with Gasteiger partial charge in [-0.3, -0.25) is 0 Å². The largest absolute Gasteiger partial charge is 0.487 e. The van der Waals surface area contributed by atoms with E-state index in [9.17, 15) is 0 Å². The number of nitrogens with one attached hydrogen (secondary N) is 1. The first-order valence-electron chi connectivity index (χ1n) is 6.41. The SMILES string of the molecule is Cc1nc2c(c(NC3CC[CH]CC3)n1)OCC2. The van der Waals surface area contributed by atoms with Crippen molar-refractivity contribution in [2.75, 3.05) is 11.9 Å². The van der Waals surface area contributed by atoms with Crippen LogP contribution in [0.5, 0.6) is 5.75 Å². The Labute approximate surface area is 102 Å². The summed E-state index contributed by atoms with van der Waals surface area (Å²) in [7, 11) is 0. The van der Waals surface area contributed by atoms with Gasteiger partial charge in [-0.25, -0.2) is 9.97 Å². The van der Waals surface area contributed by atoms with E-state index in [-0.39, 0.29) is 0 Å². The van der Waals surface area contributed by atoms with Crippen molar-refractivity contribution in [3.8, 4) is 5.75 Å². The Morgan fingerprint density at radius 1 is 1.29 bits per heavy atom. The molecule has 1 aliphatic heterocycles. The highest BCUT2D eigenvalue weighted by Gasteiger charge is 2.22. The Balaban J connectivity index is 1.82. The van der Waals surface area contributed by atoms with Crippen molar-refractivity contribution in [2.45, 2.75) is 45.1 Å². The molecule has 1 N–H and O–H groups in total. The number of hydrogen-bond acceptors (Lipinski definition) is 4. The first-order chi connectivity index (χ1) is 8.33. The molecule has 0 bridgehead atoms. The van der Waals surface area contributed by atoms with E-state index in [2.05, 4.69) is 21.7 Å². The fourth-order valence-electron chi connectivity index (χ4n) is 2.55. The van der Waals surface area contributed by atoms with Gasteiger partial charge in [0, 0.05) is 12.5 Å². The first-order valence-corrected chi connectivity index (χ1v) is 6.41. The van der Waals surface area contributed by atoms with Crippen LogP contribution in [0.1, 0.15) is 37.2 Å². The fraction of sp³-hybridized carbons (Fsp3) is 0.615. The van der Waals surface area contributed by atoms with Crippen LogP contribution >= 0.6 is 0 Å². The molecule has 0 saturated heterocycles. The predicted molar refractivity (Wildman–Crippen MR) is 66.1 cm³/mol. The minimum Gasteiger partial charge on any atom is -0.487 e. The highest BCUT2D eigenvalue weighted by molar-refractivity contribution is 5.55. The van der Waals surface area contributed by atoms with Crippen molar-refractivity contribution in [3.63, 3.8) is 0 Å². The third-order valence-electron chi connectivity index (χ3n) is 3.41. The average molecular weight is 232 g/mol. The summed E-state index contributed by atoms with van der Waals surface area (Å²) >= 11 is 0. The Hall–Kier alpha value is -1.32. The zero-order valence-corrected chi connectivity index (χ0v) is 10.2. The van der Waals surface area contributed by atoms with Gasteiger partial charge in [0.1, 0.15) is 5.82 Å². The maximum Gasteiger partial charge on any atom is 0.183 e. The maximum absolute atomic E-state index is 5.63. The topological polar surface area (TPSA) is 47.0 Å². The van der Waals surface area contributed by atoms with Gasteiger partial charge in [-0.15, -0.1) is 0 Å². The summed E-state index contributed by atoms with van der Waals surface area (Å²) in [6, 6.07) is 0.530. The van der Waals surface area contributed by atoms with Gasteiger partial charge in [0.2, 0.25) is 0 Å². The van der Waals surface area contributed by atoms with E-state index < -0.39 is 0 Å². The molecule has 0 atom stereocenters. The van der Waals surface area contributed by atoms with Crippen molar-refractivity contribution in [3.05, 3.63) is 17.9 Å². The van der Waals surface area contributed by atoms with Gasteiger partial charge in [0.25, 0.3) is 0 Å². The van der Waals surface area contributed by atoms with Crippen molar-refractivity contribution in [1.29, 1.82) is 0 Å². The molecule has 0 amide bonds. The summed E-state index contributed by atoms with van der Waals surface area (Å²) in [5, 5.41) is 3.53. The molecule has 1 fully saturated rings. The zero-order valence-electron chi connectivity index (χ0n) is 10.2. The quantitative estimate of drug-likeness (QED) is 0.849. The Kier molecular flexibility index (Phi) is 2.87. The zero-order chi connectivity index (χ0) is 11.7. The fourth-order valence-corrected chi connectivity index (χ4v) is 2.55. The minimum absolute atomic E-state index is 0.530. The number of aryl methyl sites for hydroxylation is 1. The highest BCUT2D eigenvalue weighted by atomic mass is 16.5. The monoisotopic (exact) mass is 232 g/mol. The van der Waals surface area contributed by atoms with Crippen molar-refractivity contribution in [2.24, 2.45) is 0 Å². The van der Waals surface area contributed by atoms with E-state index in [1.54, 1.807) is 0 Å². The Bertz CT molecular complexity index is 413. The Morgan fingerprint density at radius 3 is 2.94 bits per heavy atom. The molecule has 4 nitrogen and oxygen atoms in total. The van der Waals surface area contributed by atoms with Gasteiger partial charge in [0.05, 0.1) is 12.3 Å². The lowest BCUT2D eigenvalue weighted by Crippen LogP contribution is -2.23. The number of rotatable bonds is 2. The molecule has 17 heavy (non-hydrogen) atoms. The lowest BCUT2D eigenvalue weighted by atomic mass is 9.95. The standard InChI is InChI=1S/C13H18N3O/c1-9-14-11-7-8-17-12(11)13(15-9)16-10-5-3-2-4-6-10/h2,10H,3-8H2,1H3,(H,14,15,16). The summed E-state index contributed by atoms with van der Waals surface area (Å²) in [6.07, 6.45) is 8.06. The number of anilines is 1. The molecule has 2 heterocycles. The maximum atomic E-state index is 5.63. The summed E-state index contributed by atoms with van der Waals surface area (Å²) in [6.45, 7) is 2.68. The van der Waals surface area contributed by atoms with Crippen LogP contribution in [-0.2, 0) is 6.42 Å². The highest BCUT2D eigenvalue weighted by Crippen LogP contribution is 2.32. The lowest BCUT2D eigenvalue weighted by Gasteiger charge is -2.23. The third kappa shape index (κ3) is 2.21. The van der Waals surface area contributed by atoms with Crippen LogP contribution in [0.4, 0.5) is 5.82 Å². The molecule has 4 heteroatoms. The molecule has 0 unspecified atom stereocenters. The molecule has 1 aromatic heterocycles. The van der Waals surface area contributed by atoms with Gasteiger partial charge in [-0.05, 0) is 39.0 Å². The molecule has 91 valence electrons. The number of fused-ring (bicyclic) bond motifs is 1. The van der Waals surface area contributed by atoms with E-state index in [1.165, 1.54) is 25.7 Å². The van der Waals surface area contributed by atoms with Crippen molar-refractivity contribution in [1.82, 2.24) is 9.97 Å². The number of ether oxygens (including phenoxy) is 1. The van der Waals surface area contributed by atoms with Gasteiger partial charge < -0.3 is 10.1 Å². The summed E-state index contributed by atoms with van der Waals surface area (Å²) in [4.78, 5) is 8.91. The molecule has 0 aromatic carbocycles. The first kappa shape index (κ1) is 10.8. The molecule has 1 radical (unpaired) electrons. The summed E-state index contributed by atoms with van der Waals surface area (Å²) in [5.41, 5.74) is 1.06. The lowest BCUT2D eigenvalue weighted by molar-refractivity contribution is 0.356. The molecular formula is C13H18N3O. The van der Waals surface area contributed by atoms with E-state index in [0.29, 0.717) is 6.04 Å². The van der Waals surface area contributed by atoms with Gasteiger partial charge >= 0.3 is 0 Å². The van der Waals surface area contributed by atoms with Crippen molar-refractivity contribution < 1.29 is 4.74 Å². The second-order valence-corrected chi connectivity index (χ2v) is 4.78. The summed E-state index contributed by atoms with van der Waals surface area (Å²) < 4.78 is 5.63. The van der Waals surface area contributed by atoms with E-state index >= 15 is 0 Å². The van der Waals surface area contributed by atoms with Crippen LogP contribution < -0.4 is 10.1 Å². The molecule has 1 aliphatic carbocycles. The van der Waals surface area contributed by atoms with E-state index in [1.807, 2.05) is 6.92 Å². The third-order valence-corrected chi connectivity index (χ3v) is 3.41. The molecular weight excluding hydrogens is 214 g/mol. The smallest absolute Gasteiger partial charge is 0.183 e. The summed E-state index contributed by atoms with van der Waals surface area (Å²) in [5.74, 6) is 2.61. The van der Waals surface area contributed by atoms with Gasteiger partial charge in [-0.1, -0.05) is 0 Å². The van der Waals surface area contributed by atoms with E-state index in [4.69, 9.17) is 4.74 Å². The van der Waals surface area contributed by atoms with Crippen LogP contribution in [-0.4, -0.2) is 22.6 Å². The van der Waals surface area contributed by atoms with Gasteiger partial charge in [0.15, 0.2) is 11.6 Å². The van der Waals surface area contributed by atoms with Crippen molar-refractivity contribution >= 4 is 5.82 Å². The van der Waals surface area contributed by atoms with Gasteiger partial charge in [-0.2, -0.15) is 0 Å².